The van der Waals surface area contributed by atoms with E-state index in [-0.39, 0.29) is 29.6 Å². The number of aliphatic imine (C=N–C) groups is 1. The van der Waals surface area contributed by atoms with Crippen LogP contribution >= 0.6 is 11.6 Å². The zero-order chi connectivity index (χ0) is 30.9. The summed E-state index contributed by atoms with van der Waals surface area (Å²) in [7, 11) is 0. The van der Waals surface area contributed by atoms with Gasteiger partial charge in [0.05, 0.1) is 18.0 Å². The molecule has 0 aliphatic carbocycles. The van der Waals surface area contributed by atoms with Gasteiger partial charge in [0.15, 0.2) is 12.2 Å². The van der Waals surface area contributed by atoms with Crippen LogP contribution in [0, 0.1) is 0 Å². The normalized spacial score (nSPS) is 18.7. The molecule has 2 aliphatic heterocycles. The third-order valence-electron chi connectivity index (χ3n) is 6.84. The number of piperazine rings is 1. The number of nitrogens with two attached hydrogens (primary N) is 1. The second-order valence-corrected chi connectivity index (χ2v) is 11.7. The number of benzene rings is 2. The van der Waals surface area contributed by atoms with Crippen molar-refractivity contribution in [2.75, 3.05) is 19.6 Å². The Labute approximate surface area is 252 Å². The molecule has 0 radical (unpaired) electrons. The van der Waals surface area contributed by atoms with Crippen LogP contribution in [0.2, 0.25) is 5.02 Å². The van der Waals surface area contributed by atoms with Crippen molar-refractivity contribution in [1.29, 1.82) is 0 Å². The number of hydrogen-bond acceptors (Lipinski definition) is 8. The molecule has 2 atom stereocenters. The highest BCUT2D eigenvalue weighted by molar-refractivity contribution is 6.30. The molecule has 3 aromatic rings. The van der Waals surface area contributed by atoms with E-state index in [4.69, 9.17) is 31.5 Å². The number of amidine groups is 1. The second kappa shape index (κ2) is 11.9. The number of rotatable bonds is 7. The van der Waals surface area contributed by atoms with Gasteiger partial charge in [0.1, 0.15) is 41.7 Å². The van der Waals surface area contributed by atoms with Gasteiger partial charge in [-0.25, -0.2) is 9.78 Å². The molecule has 2 aliphatic rings. The maximum atomic E-state index is 14.4. The number of amides is 4. The van der Waals surface area contributed by atoms with Crippen LogP contribution in [-0.4, -0.2) is 69.5 Å². The Morgan fingerprint density at radius 2 is 1.91 bits per heavy atom. The minimum Gasteiger partial charge on any atom is -0.487 e. The first-order chi connectivity index (χ1) is 20.4. The molecule has 0 spiro atoms. The van der Waals surface area contributed by atoms with Crippen LogP contribution < -0.4 is 15.8 Å². The summed E-state index contributed by atoms with van der Waals surface area (Å²) < 4.78 is 11.6. The van der Waals surface area contributed by atoms with Gasteiger partial charge in [0.25, 0.3) is 0 Å². The maximum absolute atomic E-state index is 14.4. The summed E-state index contributed by atoms with van der Waals surface area (Å²) >= 11 is 6.21. The first-order valence-corrected chi connectivity index (χ1v) is 14.0. The number of nitrogens with one attached hydrogen (secondary N) is 1. The fourth-order valence-electron chi connectivity index (χ4n) is 5.04. The zero-order valence-electron chi connectivity index (χ0n) is 23.9. The molecule has 0 bridgehead atoms. The first-order valence-electron chi connectivity index (χ1n) is 13.6. The van der Waals surface area contributed by atoms with E-state index < -0.39 is 41.8 Å². The zero-order valence-corrected chi connectivity index (χ0v) is 24.6. The van der Waals surface area contributed by atoms with Gasteiger partial charge < -0.3 is 25.1 Å². The number of hydrogen-bond donors (Lipinski definition) is 2. The highest BCUT2D eigenvalue weighted by Crippen LogP contribution is 2.45. The molecular formula is C30H31ClN6O6. The van der Waals surface area contributed by atoms with E-state index in [9.17, 15) is 19.2 Å². The minimum atomic E-state index is -0.754. The van der Waals surface area contributed by atoms with Gasteiger partial charge in [-0.15, -0.1) is 0 Å². The number of carbonyl (C=O) groups excluding carboxylic acids is 4. The van der Waals surface area contributed by atoms with Crippen molar-refractivity contribution in [2.24, 2.45) is 10.7 Å². The number of primary amides is 1. The molecule has 2 aromatic carbocycles. The predicted molar refractivity (Wildman–Crippen MR) is 157 cm³/mol. The van der Waals surface area contributed by atoms with E-state index in [1.165, 1.54) is 34.6 Å². The van der Waals surface area contributed by atoms with E-state index in [1.54, 1.807) is 30.3 Å². The van der Waals surface area contributed by atoms with Crippen LogP contribution in [0.3, 0.4) is 0 Å². The summed E-state index contributed by atoms with van der Waals surface area (Å²) in [6, 6.07) is 9.89. The molecule has 224 valence electrons. The van der Waals surface area contributed by atoms with Crippen molar-refractivity contribution in [3.05, 3.63) is 82.5 Å². The van der Waals surface area contributed by atoms with Gasteiger partial charge in [-0.05, 0) is 50.6 Å². The summed E-state index contributed by atoms with van der Waals surface area (Å²) in [6.07, 6.45) is 2.29. The number of ether oxygens (including phenoxy) is 1. The molecule has 43 heavy (non-hydrogen) atoms. The highest BCUT2D eigenvalue weighted by atomic mass is 35.5. The van der Waals surface area contributed by atoms with Gasteiger partial charge >= 0.3 is 6.03 Å². The maximum Gasteiger partial charge on any atom is 0.326 e. The number of halogens is 1. The largest absolute Gasteiger partial charge is 0.487 e. The highest BCUT2D eigenvalue weighted by Gasteiger charge is 2.46. The molecule has 13 heteroatoms. The smallest absolute Gasteiger partial charge is 0.326 e. The molecule has 4 amide bonds. The number of nitrogens with zero attached hydrogens (tertiary/aromatic N) is 4. The standard InChI is InChI=1S/C30H31ClN6O6/c1-30(2,3)43-23-12-18(22(38)13-24(32)39)6-9-20(23)28-35-26(21-15-42-16-34-21)27(17-4-7-19(31)8-5-17)37(28)29(41)36-11-10-33-25(40)14-36/h4-9,12,15-16,26-27H,10-11,13-14H2,1-3H3,(H2,32,39)(H,33,40)/t26-,27?/m0/s1. The fraction of sp³-hybridized carbons (Fsp3) is 0.333. The Balaban J connectivity index is 1.69. The molecule has 5 rings (SSSR count). The van der Waals surface area contributed by atoms with Crippen LogP contribution in [0.1, 0.15) is 66.5 Å². The lowest BCUT2D eigenvalue weighted by Crippen LogP contribution is -2.55. The Hall–Kier alpha value is -4.71. The number of urea groups is 1. The van der Waals surface area contributed by atoms with Crippen molar-refractivity contribution in [3.8, 4) is 5.75 Å². The number of ketones is 1. The van der Waals surface area contributed by atoms with E-state index in [2.05, 4.69) is 10.3 Å². The minimum absolute atomic E-state index is 0.128. The SMILES string of the molecule is CC(C)(C)Oc1cc(C(=O)CC(N)=O)ccc1C1=N[C@@H](c2cocn2)C(c2ccc(Cl)cc2)N1C(=O)N1CCNC(=O)C1. The lowest BCUT2D eigenvalue weighted by Gasteiger charge is -2.35. The third kappa shape index (κ3) is 6.54. The molecule has 3 N–H and O–H groups in total. The Morgan fingerprint density at radius 3 is 2.53 bits per heavy atom. The van der Waals surface area contributed by atoms with Crippen molar-refractivity contribution in [2.45, 2.75) is 44.9 Å². The monoisotopic (exact) mass is 606 g/mol. The Morgan fingerprint density at radius 1 is 1.16 bits per heavy atom. The topological polar surface area (TPSA) is 160 Å². The summed E-state index contributed by atoms with van der Waals surface area (Å²) in [5.41, 5.74) is 6.40. The number of aromatic nitrogens is 1. The quantitative estimate of drug-likeness (QED) is 0.306. The molecule has 1 saturated heterocycles. The molecule has 12 nitrogen and oxygen atoms in total. The number of oxazole rings is 1. The Bertz CT molecular complexity index is 1580. The Kier molecular flexibility index (Phi) is 8.23. The van der Waals surface area contributed by atoms with E-state index >= 15 is 0 Å². The molecule has 1 unspecified atom stereocenters. The predicted octanol–water partition coefficient (Wildman–Crippen LogP) is 3.66. The molecule has 0 saturated carbocycles. The second-order valence-electron chi connectivity index (χ2n) is 11.2. The van der Waals surface area contributed by atoms with Crippen LogP contribution in [0.4, 0.5) is 4.79 Å². The van der Waals surface area contributed by atoms with E-state index in [1.807, 2.05) is 20.8 Å². The average molecular weight is 607 g/mol. The summed E-state index contributed by atoms with van der Waals surface area (Å²) in [5.74, 6) is -0.986. The molecular weight excluding hydrogens is 576 g/mol. The molecule has 1 aromatic heterocycles. The van der Waals surface area contributed by atoms with Crippen molar-refractivity contribution in [3.63, 3.8) is 0 Å². The number of Topliss-reactive ketones (excluding diaryl/α,β-unsaturated/α-hetero) is 1. The van der Waals surface area contributed by atoms with Gasteiger partial charge in [-0.2, -0.15) is 0 Å². The van der Waals surface area contributed by atoms with Crippen LogP contribution in [0.15, 0.2) is 64.5 Å². The average Bonchev–Trinajstić information content (AvgIpc) is 3.60. The third-order valence-corrected chi connectivity index (χ3v) is 7.10. The van der Waals surface area contributed by atoms with Gasteiger partial charge in [-0.1, -0.05) is 29.8 Å². The van der Waals surface area contributed by atoms with Crippen LogP contribution in [0.25, 0.3) is 0 Å². The van der Waals surface area contributed by atoms with Crippen LogP contribution in [-0.2, 0) is 9.59 Å². The van der Waals surface area contributed by atoms with Gasteiger partial charge in [0, 0.05) is 23.7 Å². The summed E-state index contributed by atoms with van der Waals surface area (Å²) in [6.45, 7) is 6.00. The summed E-state index contributed by atoms with van der Waals surface area (Å²) in [4.78, 5) is 63.2. The van der Waals surface area contributed by atoms with Gasteiger partial charge in [0.2, 0.25) is 11.8 Å². The van der Waals surface area contributed by atoms with Crippen molar-refractivity contribution in [1.82, 2.24) is 20.1 Å². The van der Waals surface area contributed by atoms with Crippen molar-refractivity contribution < 1.29 is 28.3 Å². The molecule has 3 heterocycles. The lowest BCUT2D eigenvalue weighted by atomic mass is 9.97. The van der Waals surface area contributed by atoms with Crippen molar-refractivity contribution >= 4 is 41.1 Å². The van der Waals surface area contributed by atoms with Crippen LogP contribution in [0.5, 0.6) is 5.75 Å². The molecule has 1 fully saturated rings. The first kappa shape index (κ1) is 29.8. The van der Waals surface area contributed by atoms with Gasteiger partial charge in [-0.3, -0.25) is 24.3 Å². The van der Waals surface area contributed by atoms with E-state index in [0.717, 1.165) is 5.56 Å². The summed E-state index contributed by atoms with van der Waals surface area (Å²) in [5, 5.41) is 3.26. The number of carbonyl (C=O) groups is 4. The lowest BCUT2D eigenvalue weighted by molar-refractivity contribution is -0.123. The van der Waals surface area contributed by atoms with E-state index in [0.29, 0.717) is 29.4 Å². The fourth-order valence-corrected chi connectivity index (χ4v) is 5.17.